The second-order valence-electron chi connectivity index (χ2n) is 4.57. The average molecular weight is 305 g/mol. The topological polar surface area (TPSA) is 66.8 Å². The van der Waals surface area contributed by atoms with Gasteiger partial charge in [0.2, 0.25) is 0 Å². The third-order valence-corrected chi connectivity index (χ3v) is 3.03. The smallest absolute Gasteiger partial charge is 0.166 e. The van der Waals surface area contributed by atoms with Crippen LogP contribution in [0.2, 0.25) is 0 Å². The van der Waals surface area contributed by atoms with Gasteiger partial charge in [-0.25, -0.2) is 0 Å². The maximum atomic E-state index is 12.5. The fourth-order valence-corrected chi connectivity index (χ4v) is 1.95. The van der Waals surface area contributed by atoms with Gasteiger partial charge in [-0.2, -0.15) is 0 Å². The quantitative estimate of drug-likeness (QED) is 0.734. The van der Waals surface area contributed by atoms with Crippen molar-refractivity contribution in [2.75, 3.05) is 13.1 Å². The van der Waals surface area contributed by atoms with E-state index < -0.39 is 19.2 Å². The highest BCUT2D eigenvalue weighted by molar-refractivity contribution is 5.98. The van der Waals surface area contributed by atoms with Gasteiger partial charge in [-0.05, 0) is 24.1 Å². The summed E-state index contributed by atoms with van der Waals surface area (Å²) in [6, 6.07) is 15.0. The Kier molecular flexibility index (Phi) is 3.98. The molecule has 0 aliphatic heterocycles. The van der Waals surface area contributed by atoms with E-state index in [0.717, 1.165) is 5.56 Å². The van der Waals surface area contributed by atoms with Crippen molar-refractivity contribution in [3.05, 3.63) is 65.7 Å². The minimum absolute atomic E-state index is 0.0339. The van der Waals surface area contributed by atoms with Crippen molar-refractivity contribution >= 4 is 5.78 Å². The molecule has 4 heteroatoms. The molecule has 2 rings (SSSR count). The van der Waals surface area contributed by atoms with Crippen molar-refractivity contribution in [2.45, 2.75) is 18.9 Å². The molecule has 22 heavy (non-hydrogen) atoms. The summed E-state index contributed by atoms with van der Waals surface area (Å²) in [5, 5.41) is 19.0. The Balaban J connectivity index is 2.21. The average Bonchev–Trinajstić information content (AvgIpc) is 2.59. The number of rotatable bonds is 8. The Bertz CT molecular complexity index is 788. The van der Waals surface area contributed by atoms with Crippen LogP contribution in [0.4, 0.5) is 0 Å². The first-order chi connectivity index (χ1) is 12.5. The van der Waals surface area contributed by atoms with Crippen LogP contribution in [0.3, 0.4) is 0 Å². The van der Waals surface area contributed by atoms with E-state index in [4.69, 9.17) is 11.6 Å². The lowest BCUT2D eigenvalue weighted by Gasteiger charge is -2.13. The number of carbonyl (C=O) groups excluding carboxylic acids is 1. The number of hydrogen-bond acceptors (Lipinski definition) is 4. The van der Waals surface area contributed by atoms with Crippen molar-refractivity contribution in [1.29, 1.82) is 0 Å². The Hall–Kier alpha value is -2.17. The standard InChI is InChI=1S/C18H20O4/c19-12-15(20)13-22-18-9-5-4-8-16(18)17(21)11-10-14-6-2-1-3-7-14/h1-9,15,19-20H,10-13H2/i12D2,13D2,15D. The zero-order valence-electron chi connectivity index (χ0n) is 16.8. The lowest BCUT2D eigenvalue weighted by molar-refractivity contribution is 0.0531. The second kappa shape index (κ2) is 8.32. The van der Waals surface area contributed by atoms with Crippen molar-refractivity contribution in [2.24, 2.45) is 0 Å². The molecule has 1 unspecified atom stereocenters. The van der Waals surface area contributed by atoms with Crippen LogP contribution in [0.25, 0.3) is 0 Å². The molecule has 0 amide bonds. The number of aliphatic hydroxyl groups is 2. The van der Waals surface area contributed by atoms with Crippen LogP contribution < -0.4 is 4.74 Å². The second-order valence-corrected chi connectivity index (χ2v) is 4.57. The maximum Gasteiger partial charge on any atom is 0.166 e. The van der Waals surface area contributed by atoms with Gasteiger partial charge in [-0.3, -0.25) is 4.79 Å². The molecule has 0 radical (unpaired) electrons. The van der Waals surface area contributed by atoms with E-state index in [1.165, 1.54) is 18.2 Å². The molecule has 0 heterocycles. The summed E-state index contributed by atoms with van der Waals surface area (Å²) in [6.07, 6.45) is -3.04. The molecular formula is C18H20O4. The molecule has 0 aromatic heterocycles. The molecule has 0 aliphatic rings. The first-order valence-corrected chi connectivity index (χ1v) is 6.75. The summed E-state index contributed by atoms with van der Waals surface area (Å²) in [7, 11) is 0. The highest BCUT2D eigenvalue weighted by Crippen LogP contribution is 2.20. The molecule has 2 aromatic carbocycles. The summed E-state index contributed by atoms with van der Waals surface area (Å²) in [5.41, 5.74) is 0.986. The minimum atomic E-state index is -3.62. The van der Waals surface area contributed by atoms with Crippen molar-refractivity contribution in [3.63, 3.8) is 0 Å². The van der Waals surface area contributed by atoms with Crippen LogP contribution >= 0.6 is 0 Å². The van der Waals surface area contributed by atoms with Gasteiger partial charge in [0.25, 0.3) is 0 Å². The third-order valence-electron chi connectivity index (χ3n) is 3.03. The number of hydrogen-bond donors (Lipinski definition) is 2. The van der Waals surface area contributed by atoms with Gasteiger partial charge < -0.3 is 14.9 Å². The SMILES string of the molecule is [2H]C([2H])(O)C([2H])(O)C([2H])([2H])Oc1ccccc1C(=O)CCc1ccccc1. The minimum Gasteiger partial charge on any atom is -0.490 e. The van der Waals surface area contributed by atoms with E-state index >= 15 is 0 Å². The predicted octanol–water partition coefficient (Wildman–Crippen LogP) is 2.23. The van der Waals surface area contributed by atoms with Gasteiger partial charge >= 0.3 is 0 Å². The molecule has 2 aromatic rings. The van der Waals surface area contributed by atoms with Crippen molar-refractivity contribution in [3.8, 4) is 5.75 Å². The Labute approximate surface area is 137 Å². The monoisotopic (exact) mass is 305 g/mol. The Morgan fingerprint density at radius 3 is 2.59 bits per heavy atom. The molecule has 0 spiro atoms. The first-order valence-electron chi connectivity index (χ1n) is 9.25. The first kappa shape index (κ1) is 10.5. The molecule has 0 fully saturated rings. The number of benzene rings is 2. The molecule has 0 saturated heterocycles. The summed E-state index contributed by atoms with van der Waals surface area (Å²) in [4.78, 5) is 12.5. The van der Waals surface area contributed by atoms with Gasteiger partial charge in [0.05, 0.1) is 19.0 Å². The molecule has 116 valence electrons. The van der Waals surface area contributed by atoms with Crippen molar-refractivity contribution < 1.29 is 26.6 Å². The van der Waals surface area contributed by atoms with Crippen LogP contribution in [0.15, 0.2) is 54.6 Å². The molecule has 2 N–H and O–H groups in total. The van der Waals surface area contributed by atoms with Gasteiger partial charge in [0.15, 0.2) is 5.78 Å². The molecule has 1 atom stereocenters. The molecular weight excluding hydrogens is 280 g/mol. The van der Waals surface area contributed by atoms with E-state index in [0.29, 0.717) is 6.42 Å². The van der Waals surface area contributed by atoms with Crippen LogP contribution in [0.1, 0.15) is 29.2 Å². The van der Waals surface area contributed by atoms with Gasteiger partial charge in [-0.1, -0.05) is 42.5 Å². The summed E-state index contributed by atoms with van der Waals surface area (Å²) < 4.78 is 41.9. The van der Waals surface area contributed by atoms with Gasteiger partial charge in [0.1, 0.15) is 18.4 Å². The van der Waals surface area contributed by atoms with Gasteiger partial charge in [0, 0.05) is 6.42 Å². The van der Waals surface area contributed by atoms with Crippen molar-refractivity contribution in [1.82, 2.24) is 0 Å². The van der Waals surface area contributed by atoms with Crippen LogP contribution in [-0.2, 0) is 6.42 Å². The number of carbonyl (C=O) groups is 1. The van der Waals surface area contributed by atoms with Crippen LogP contribution in [0, 0.1) is 0 Å². The lowest BCUT2D eigenvalue weighted by atomic mass is 10.0. The molecule has 0 saturated carbocycles. The number of ether oxygens (including phenoxy) is 1. The Morgan fingerprint density at radius 2 is 1.86 bits per heavy atom. The summed E-state index contributed by atoms with van der Waals surface area (Å²) >= 11 is 0. The lowest BCUT2D eigenvalue weighted by Crippen LogP contribution is -2.22. The molecule has 4 nitrogen and oxygen atoms in total. The number of ketones is 1. The molecule has 0 bridgehead atoms. The highest BCUT2D eigenvalue weighted by Gasteiger charge is 2.13. The van der Waals surface area contributed by atoms with E-state index in [1.54, 1.807) is 6.07 Å². The third kappa shape index (κ3) is 4.69. The zero-order chi connectivity index (χ0) is 20.3. The van der Waals surface area contributed by atoms with E-state index in [2.05, 4.69) is 0 Å². The van der Waals surface area contributed by atoms with Crippen LogP contribution in [-0.4, -0.2) is 35.2 Å². The normalized spacial score (nSPS) is 18.0. The van der Waals surface area contributed by atoms with Gasteiger partial charge in [-0.15, -0.1) is 0 Å². The highest BCUT2D eigenvalue weighted by atomic mass is 16.5. The van der Waals surface area contributed by atoms with E-state index in [9.17, 15) is 15.0 Å². The zero-order valence-corrected chi connectivity index (χ0v) is 11.8. The molecule has 0 aliphatic carbocycles. The van der Waals surface area contributed by atoms with E-state index in [-0.39, 0.29) is 23.5 Å². The fourth-order valence-electron chi connectivity index (χ4n) is 1.95. The predicted molar refractivity (Wildman–Crippen MR) is 84.1 cm³/mol. The number of aryl methyl sites for hydroxylation is 1. The Morgan fingerprint density at radius 1 is 1.18 bits per heavy atom. The largest absolute Gasteiger partial charge is 0.490 e. The van der Waals surface area contributed by atoms with Crippen LogP contribution in [0.5, 0.6) is 5.75 Å². The van der Waals surface area contributed by atoms with E-state index in [1.807, 2.05) is 30.3 Å². The number of Topliss-reactive ketones (excluding diaryl/α,β-unsaturated/α-hetero) is 1. The summed E-state index contributed by atoms with van der Waals surface area (Å²) in [6.45, 7) is -6.93. The maximum absolute atomic E-state index is 12.5. The number of para-hydroxylation sites is 1. The fraction of sp³-hybridized carbons (Fsp3) is 0.278. The summed E-state index contributed by atoms with van der Waals surface area (Å²) in [5.74, 6) is -0.596.